The van der Waals surface area contributed by atoms with Gasteiger partial charge in [0.05, 0.1) is 5.56 Å². The lowest BCUT2D eigenvalue weighted by atomic mass is 10.1. The molecular weight excluding hydrogens is 250 g/mol. The van der Waals surface area contributed by atoms with Gasteiger partial charge in [-0.05, 0) is 30.4 Å². The van der Waals surface area contributed by atoms with Crippen molar-refractivity contribution < 1.29 is 14.7 Å². The van der Waals surface area contributed by atoms with Crippen LogP contribution in [0.4, 0.5) is 0 Å². The summed E-state index contributed by atoms with van der Waals surface area (Å²) in [4.78, 5) is 24.8. The molecule has 0 aromatic heterocycles. The Bertz CT molecular complexity index is 469. The standard InChI is InChI=1S/C13H15NO3S/c1-14(11-5-6-18-8-11)12(15)9-3-2-4-10(7-9)13(16)17/h2-4,7,11H,5-6,8H2,1H3,(H,16,17). The van der Waals surface area contributed by atoms with Crippen molar-refractivity contribution in [3.05, 3.63) is 35.4 Å². The molecule has 4 nitrogen and oxygen atoms in total. The van der Waals surface area contributed by atoms with Crippen molar-refractivity contribution in [2.45, 2.75) is 12.5 Å². The van der Waals surface area contributed by atoms with Crippen molar-refractivity contribution in [2.24, 2.45) is 0 Å². The van der Waals surface area contributed by atoms with Gasteiger partial charge in [0.15, 0.2) is 0 Å². The molecule has 0 spiro atoms. The van der Waals surface area contributed by atoms with E-state index in [4.69, 9.17) is 5.11 Å². The Hall–Kier alpha value is -1.49. The minimum atomic E-state index is -1.01. The van der Waals surface area contributed by atoms with E-state index in [0.29, 0.717) is 5.56 Å². The van der Waals surface area contributed by atoms with E-state index in [1.165, 1.54) is 12.1 Å². The van der Waals surface area contributed by atoms with Crippen LogP contribution in [0.2, 0.25) is 0 Å². The summed E-state index contributed by atoms with van der Waals surface area (Å²) in [6.07, 6.45) is 1.01. The zero-order chi connectivity index (χ0) is 13.1. The summed E-state index contributed by atoms with van der Waals surface area (Å²) in [7, 11) is 1.78. The van der Waals surface area contributed by atoms with Crippen LogP contribution in [0.1, 0.15) is 27.1 Å². The van der Waals surface area contributed by atoms with E-state index in [-0.39, 0.29) is 17.5 Å². The lowest BCUT2D eigenvalue weighted by Crippen LogP contribution is -2.37. The quantitative estimate of drug-likeness (QED) is 0.907. The number of rotatable bonds is 3. The summed E-state index contributed by atoms with van der Waals surface area (Å²) < 4.78 is 0. The van der Waals surface area contributed by atoms with Gasteiger partial charge in [-0.3, -0.25) is 4.79 Å². The Kier molecular flexibility index (Phi) is 3.91. The van der Waals surface area contributed by atoms with E-state index in [2.05, 4.69) is 0 Å². The molecule has 1 aromatic rings. The Balaban J connectivity index is 2.17. The van der Waals surface area contributed by atoms with Crippen LogP contribution in [0.5, 0.6) is 0 Å². The van der Waals surface area contributed by atoms with Crippen molar-refractivity contribution in [3.8, 4) is 0 Å². The highest BCUT2D eigenvalue weighted by molar-refractivity contribution is 7.99. The minimum absolute atomic E-state index is 0.106. The molecule has 2 rings (SSSR count). The number of carboxylic acid groups (broad SMARTS) is 1. The van der Waals surface area contributed by atoms with E-state index in [9.17, 15) is 9.59 Å². The van der Waals surface area contributed by atoms with Crippen LogP contribution >= 0.6 is 11.8 Å². The van der Waals surface area contributed by atoms with E-state index in [0.717, 1.165) is 17.9 Å². The number of hydrogen-bond donors (Lipinski definition) is 1. The summed E-state index contributed by atoms with van der Waals surface area (Å²) in [5.74, 6) is 0.924. The molecule has 96 valence electrons. The third-order valence-electron chi connectivity index (χ3n) is 3.13. The van der Waals surface area contributed by atoms with Crippen molar-refractivity contribution in [2.75, 3.05) is 18.6 Å². The first kappa shape index (κ1) is 13.0. The average Bonchev–Trinajstić information content (AvgIpc) is 2.91. The molecule has 18 heavy (non-hydrogen) atoms. The van der Waals surface area contributed by atoms with Gasteiger partial charge in [0.25, 0.3) is 5.91 Å². The van der Waals surface area contributed by atoms with Gasteiger partial charge < -0.3 is 10.0 Å². The molecule has 1 N–H and O–H groups in total. The fourth-order valence-corrected chi connectivity index (χ4v) is 3.25. The number of carbonyl (C=O) groups excluding carboxylic acids is 1. The molecule has 1 aliphatic heterocycles. The normalized spacial score (nSPS) is 18.6. The Morgan fingerprint density at radius 2 is 2.11 bits per heavy atom. The highest BCUT2D eigenvalue weighted by Crippen LogP contribution is 2.22. The summed E-state index contributed by atoms with van der Waals surface area (Å²) >= 11 is 1.84. The lowest BCUT2D eigenvalue weighted by molar-refractivity contribution is 0.0697. The molecule has 0 aliphatic carbocycles. The maximum absolute atomic E-state index is 12.2. The topological polar surface area (TPSA) is 57.6 Å². The number of benzene rings is 1. The Labute approximate surface area is 110 Å². The third-order valence-corrected chi connectivity index (χ3v) is 4.28. The van der Waals surface area contributed by atoms with E-state index < -0.39 is 5.97 Å². The van der Waals surface area contributed by atoms with Gasteiger partial charge in [-0.2, -0.15) is 11.8 Å². The average molecular weight is 265 g/mol. The molecule has 1 saturated heterocycles. The number of carboxylic acids is 1. The number of aromatic carboxylic acids is 1. The molecule has 1 atom stereocenters. The van der Waals surface area contributed by atoms with E-state index >= 15 is 0 Å². The van der Waals surface area contributed by atoms with Crippen LogP contribution in [0, 0.1) is 0 Å². The number of amides is 1. The number of carbonyl (C=O) groups is 2. The number of nitrogens with zero attached hydrogens (tertiary/aromatic N) is 1. The van der Waals surface area contributed by atoms with Gasteiger partial charge in [0.1, 0.15) is 0 Å². The molecular formula is C13H15NO3S. The monoisotopic (exact) mass is 265 g/mol. The van der Waals surface area contributed by atoms with Crippen LogP contribution in [0.3, 0.4) is 0 Å². The fraction of sp³-hybridized carbons (Fsp3) is 0.385. The summed E-state index contributed by atoms with van der Waals surface area (Å²) in [6, 6.07) is 6.45. The van der Waals surface area contributed by atoms with Crippen molar-refractivity contribution in [3.63, 3.8) is 0 Å². The van der Waals surface area contributed by atoms with Crippen LogP contribution in [0.25, 0.3) is 0 Å². The zero-order valence-corrected chi connectivity index (χ0v) is 10.9. The van der Waals surface area contributed by atoms with Gasteiger partial charge >= 0.3 is 5.97 Å². The maximum Gasteiger partial charge on any atom is 0.335 e. The minimum Gasteiger partial charge on any atom is -0.478 e. The zero-order valence-electron chi connectivity index (χ0n) is 10.1. The Morgan fingerprint density at radius 3 is 2.72 bits per heavy atom. The van der Waals surface area contributed by atoms with Gasteiger partial charge in [-0.1, -0.05) is 6.07 Å². The van der Waals surface area contributed by atoms with Gasteiger partial charge in [-0.15, -0.1) is 0 Å². The number of thioether (sulfide) groups is 1. The molecule has 1 unspecified atom stereocenters. The smallest absolute Gasteiger partial charge is 0.335 e. The van der Waals surface area contributed by atoms with Crippen molar-refractivity contribution in [1.29, 1.82) is 0 Å². The summed E-state index contributed by atoms with van der Waals surface area (Å²) in [5.41, 5.74) is 0.587. The lowest BCUT2D eigenvalue weighted by Gasteiger charge is -2.23. The van der Waals surface area contributed by atoms with Crippen molar-refractivity contribution in [1.82, 2.24) is 4.90 Å². The largest absolute Gasteiger partial charge is 0.478 e. The van der Waals surface area contributed by atoms with Crippen molar-refractivity contribution >= 4 is 23.6 Å². The first-order valence-corrected chi connectivity index (χ1v) is 6.93. The third kappa shape index (κ3) is 2.67. The predicted molar refractivity (Wildman–Crippen MR) is 71.2 cm³/mol. The molecule has 1 fully saturated rings. The first-order chi connectivity index (χ1) is 8.59. The van der Waals surface area contributed by atoms with E-state index in [1.807, 2.05) is 11.8 Å². The molecule has 5 heteroatoms. The fourth-order valence-electron chi connectivity index (χ4n) is 1.98. The predicted octanol–water partition coefficient (Wildman–Crippen LogP) is 1.96. The van der Waals surface area contributed by atoms with Crippen LogP contribution in [-0.4, -0.2) is 46.5 Å². The van der Waals surface area contributed by atoms with Gasteiger partial charge in [0, 0.05) is 24.4 Å². The van der Waals surface area contributed by atoms with Gasteiger partial charge in [-0.25, -0.2) is 4.79 Å². The van der Waals surface area contributed by atoms with Crippen LogP contribution in [-0.2, 0) is 0 Å². The second kappa shape index (κ2) is 5.44. The van der Waals surface area contributed by atoms with Crippen LogP contribution < -0.4 is 0 Å². The molecule has 0 bridgehead atoms. The molecule has 1 heterocycles. The first-order valence-electron chi connectivity index (χ1n) is 5.78. The highest BCUT2D eigenvalue weighted by atomic mass is 32.2. The summed E-state index contributed by atoms with van der Waals surface area (Å²) in [5, 5.41) is 8.91. The molecule has 0 radical (unpaired) electrons. The second-order valence-electron chi connectivity index (χ2n) is 4.32. The molecule has 1 amide bonds. The maximum atomic E-state index is 12.2. The molecule has 0 saturated carbocycles. The molecule has 1 aliphatic rings. The Morgan fingerprint density at radius 1 is 1.39 bits per heavy atom. The SMILES string of the molecule is CN(C(=O)c1cccc(C(=O)O)c1)C1CCSC1. The van der Waals surface area contributed by atoms with Gasteiger partial charge in [0.2, 0.25) is 0 Å². The summed E-state index contributed by atoms with van der Waals surface area (Å²) in [6.45, 7) is 0. The highest BCUT2D eigenvalue weighted by Gasteiger charge is 2.24. The van der Waals surface area contributed by atoms with Crippen LogP contribution in [0.15, 0.2) is 24.3 Å². The number of hydrogen-bond acceptors (Lipinski definition) is 3. The second-order valence-corrected chi connectivity index (χ2v) is 5.47. The molecule has 1 aromatic carbocycles. The van der Waals surface area contributed by atoms with E-state index in [1.54, 1.807) is 24.1 Å².